The lowest BCUT2D eigenvalue weighted by Crippen LogP contribution is -2.21. The molecule has 0 radical (unpaired) electrons. The third-order valence-corrected chi connectivity index (χ3v) is 4.53. The summed E-state index contributed by atoms with van der Waals surface area (Å²) in [6, 6.07) is 12.4. The van der Waals surface area contributed by atoms with Crippen molar-refractivity contribution in [2.75, 3.05) is 25.3 Å². The standard InChI is InChI=1S/C17H16BrNO4S/c1-22-15-9-11(24-2)7-8-12(15)17(21)23-10-16(20)19-14-6-4-3-5-13(14)18/h3-9H,10H2,1-2H3,(H,19,20). The normalized spacial score (nSPS) is 10.1. The topological polar surface area (TPSA) is 64.6 Å². The number of benzene rings is 2. The third kappa shape index (κ3) is 4.75. The maximum absolute atomic E-state index is 12.1. The lowest BCUT2D eigenvalue weighted by atomic mass is 10.2. The molecule has 7 heteroatoms. The Kier molecular flexibility index (Phi) is 6.69. The van der Waals surface area contributed by atoms with Gasteiger partial charge in [0.15, 0.2) is 6.61 Å². The summed E-state index contributed by atoms with van der Waals surface area (Å²) < 4.78 is 11.0. The van der Waals surface area contributed by atoms with Crippen LogP contribution in [0.15, 0.2) is 51.8 Å². The Balaban J connectivity index is 1.98. The first-order chi connectivity index (χ1) is 11.5. The van der Waals surface area contributed by atoms with Gasteiger partial charge in [0.1, 0.15) is 11.3 Å². The summed E-state index contributed by atoms with van der Waals surface area (Å²) in [7, 11) is 1.48. The molecule has 126 valence electrons. The zero-order chi connectivity index (χ0) is 17.5. The number of thioether (sulfide) groups is 1. The SMILES string of the molecule is COc1cc(SC)ccc1C(=O)OCC(=O)Nc1ccccc1Br. The van der Waals surface area contributed by atoms with E-state index in [4.69, 9.17) is 9.47 Å². The molecule has 1 N–H and O–H groups in total. The predicted molar refractivity (Wildman–Crippen MR) is 97.8 cm³/mol. The van der Waals surface area contributed by atoms with E-state index in [0.717, 1.165) is 9.37 Å². The number of hydrogen-bond acceptors (Lipinski definition) is 5. The van der Waals surface area contributed by atoms with Crippen LogP contribution in [0.3, 0.4) is 0 Å². The summed E-state index contributed by atoms with van der Waals surface area (Å²) in [5.74, 6) is -0.616. The van der Waals surface area contributed by atoms with Gasteiger partial charge >= 0.3 is 5.97 Å². The molecule has 2 aromatic carbocycles. The summed E-state index contributed by atoms with van der Waals surface area (Å²) >= 11 is 4.87. The zero-order valence-corrected chi connectivity index (χ0v) is 15.6. The monoisotopic (exact) mass is 409 g/mol. The average molecular weight is 410 g/mol. The Morgan fingerprint density at radius 3 is 2.62 bits per heavy atom. The molecule has 0 aliphatic carbocycles. The minimum absolute atomic E-state index is 0.281. The largest absolute Gasteiger partial charge is 0.496 e. The summed E-state index contributed by atoms with van der Waals surface area (Å²) in [5, 5.41) is 2.67. The molecule has 0 aliphatic heterocycles. The average Bonchev–Trinajstić information content (AvgIpc) is 2.61. The Hall–Kier alpha value is -1.99. The number of halogens is 1. The first-order valence-electron chi connectivity index (χ1n) is 6.98. The molecular formula is C17H16BrNO4S. The molecule has 0 bridgehead atoms. The lowest BCUT2D eigenvalue weighted by molar-refractivity contribution is -0.119. The maximum Gasteiger partial charge on any atom is 0.342 e. The van der Waals surface area contributed by atoms with Crippen molar-refractivity contribution in [3.63, 3.8) is 0 Å². The first kappa shape index (κ1) is 18.4. The van der Waals surface area contributed by atoms with Gasteiger partial charge in [-0.1, -0.05) is 12.1 Å². The van der Waals surface area contributed by atoms with Crippen molar-refractivity contribution >= 4 is 45.3 Å². The van der Waals surface area contributed by atoms with E-state index in [1.807, 2.05) is 12.3 Å². The van der Waals surface area contributed by atoms with E-state index in [1.54, 1.807) is 36.4 Å². The third-order valence-electron chi connectivity index (χ3n) is 3.11. The van der Waals surface area contributed by atoms with Crippen LogP contribution in [-0.2, 0) is 9.53 Å². The fraction of sp³-hybridized carbons (Fsp3) is 0.176. The first-order valence-corrected chi connectivity index (χ1v) is 9.00. The predicted octanol–water partition coefficient (Wildman–Crippen LogP) is 3.98. The van der Waals surface area contributed by atoms with Crippen molar-refractivity contribution in [3.8, 4) is 5.75 Å². The van der Waals surface area contributed by atoms with Crippen LogP contribution in [0.2, 0.25) is 0 Å². The van der Waals surface area contributed by atoms with Crippen molar-refractivity contribution in [3.05, 3.63) is 52.5 Å². The molecule has 0 fully saturated rings. The van der Waals surface area contributed by atoms with Crippen LogP contribution < -0.4 is 10.1 Å². The number of ether oxygens (including phenoxy) is 2. The number of rotatable bonds is 6. The molecule has 0 aliphatic rings. The van der Waals surface area contributed by atoms with E-state index in [0.29, 0.717) is 11.4 Å². The number of esters is 1. The van der Waals surface area contributed by atoms with Crippen LogP contribution in [0.1, 0.15) is 10.4 Å². The molecule has 24 heavy (non-hydrogen) atoms. The van der Waals surface area contributed by atoms with E-state index in [-0.39, 0.29) is 12.2 Å². The van der Waals surface area contributed by atoms with E-state index in [2.05, 4.69) is 21.2 Å². The molecular weight excluding hydrogens is 394 g/mol. The second kappa shape index (κ2) is 8.75. The highest BCUT2D eigenvalue weighted by Crippen LogP contribution is 2.26. The second-order valence-electron chi connectivity index (χ2n) is 4.67. The number of hydrogen-bond donors (Lipinski definition) is 1. The number of methoxy groups -OCH3 is 1. The molecule has 2 aromatic rings. The van der Waals surface area contributed by atoms with Crippen LogP contribution in [0.4, 0.5) is 5.69 Å². The fourth-order valence-corrected chi connectivity index (χ4v) is 2.74. The Morgan fingerprint density at radius 2 is 1.96 bits per heavy atom. The number of nitrogens with one attached hydrogen (secondary N) is 1. The minimum atomic E-state index is -0.609. The number of anilines is 1. The highest BCUT2D eigenvalue weighted by Gasteiger charge is 2.16. The van der Waals surface area contributed by atoms with Crippen molar-refractivity contribution in [2.45, 2.75) is 4.90 Å². The number of carbonyl (C=O) groups is 2. The molecule has 1 amide bonds. The van der Waals surface area contributed by atoms with E-state index < -0.39 is 11.9 Å². The van der Waals surface area contributed by atoms with Gasteiger partial charge in [-0.3, -0.25) is 4.79 Å². The van der Waals surface area contributed by atoms with Gasteiger partial charge in [0.2, 0.25) is 0 Å². The summed E-state index contributed by atoms with van der Waals surface area (Å²) in [5.41, 5.74) is 0.893. The van der Waals surface area contributed by atoms with Crippen LogP contribution >= 0.6 is 27.7 Å². The van der Waals surface area contributed by atoms with Crippen molar-refractivity contribution in [1.82, 2.24) is 0 Å². The number of amides is 1. The lowest BCUT2D eigenvalue weighted by Gasteiger charge is -2.10. The van der Waals surface area contributed by atoms with E-state index >= 15 is 0 Å². The highest BCUT2D eigenvalue weighted by molar-refractivity contribution is 9.10. The minimum Gasteiger partial charge on any atom is -0.496 e. The Bertz CT molecular complexity index is 751. The molecule has 0 aromatic heterocycles. The van der Waals surface area contributed by atoms with Crippen molar-refractivity contribution in [1.29, 1.82) is 0 Å². The van der Waals surface area contributed by atoms with Crippen LogP contribution in [0.5, 0.6) is 5.75 Å². The van der Waals surface area contributed by atoms with Crippen LogP contribution in [-0.4, -0.2) is 31.8 Å². The van der Waals surface area contributed by atoms with Gasteiger partial charge in [-0.25, -0.2) is 4.79 Å². The van der Waals surface area contributed by atoms with Gasteiger partial charge in [-0.2, -0.15) is 0 Å². The molecule has 5 nitrogen and oxygen atoms in total. The molecule has 2 rings (SSSR count). The molecule has 0 saturated heterocycles. The maximum atomic E-state index is 12.1. The Labute approximate surface area is 152 Å². The quantitative estimate of drug-likeness (QED) is 0.577. The van der Waals surface area contributed by atoms with Crippen LogP contribution in [0.25, 0.3) is 0 Å². The highest BCUT2D eigenvalue weighted by atomic mass is 79.9. The second-order valence-corrected chi connectivity index (χ2v) is 6.40. The van der Waals surface area contributed by atoms with Crippen molar-refractivity contribution < 1.29 is 19.1 Å². The molecule has 0 unspecified atom stereocenters. The summed E-state index contributed by atoms with van der Waals surface area (Å²) in [6.45, 7) is -0.381. The molecule has 0 heterocycles. The van der Waals surface area contributed by atoms with Gasteiger partial charge in [0.25, 0.3) is 5.91 Å². The smallest absolute Gasteiger partial charge is 0.342 e. The zero-order valence-electron chi connectivity index (χ0n) is 13.2. The van der Waals surface area contributed by atoms with Gasteiger partial charge in [-0.05, 0) is 52.5 Å². The van der Waals surface area contributed by atoms with Gasteiger partial charge in [0, 0.05) is 9.37 Å². The van der Waals surface area contributed by atoms with E-state index in [1.165, 1.54) is 18.9 Å². The number of carbonyl (C=O) groups excluding carboxylic acids is 2. The van der Waals surface area contributed by atoms with E-state index in [9.17, 15) is 9.59 Å². The van der Waals surface area contributed by atoms with Gasteiger partial charge in [-0.15, -0.1) is 11.8 Å². The van der Waals surface area contributed by atoms with Gasteiger partial charge in [0.05, 0.1) is 12.8 Å². The molecule has 0 saturated carbocycles. The fourth-order valence-electron chi connectivity index (χ4n) is 1.92. The summed E-state index contributed by atoms with van der Waals surface area (Å²) in [4.78, 5) is 25.0. The molecule has 0 atom stereocenters. The number of para-hydroxylation sites is 1. The van der Waals surface area contributed by atoms with Gasteiger partial charge < -0.3 is 14.8 Å². The van der Waals surface area contributed by atoms with Crippen molar-refractivity contribution in [2.24, 2.45) is 0 Å². The summed E-state index contributed by atoms with van der Waals surface area (Å²) in [6.07, 6.45) is 1.93. The Morgan fingerprint density at radius 1 is 1.21 bits per heavy atom. The molecule has 0 spiro atoms. The van der Waals surface area contributed by atoms with Crippen LogP contribution in [0, 0.1) is 0 Å².